The first kappa shape index (κ1) is 17.9. The van der Waals surface area contributed by atoms with Gasteiger partial charge < -0.3 is 15.2 Å². The molecule has 0 unspecified atom stereocenters. The van der Waals surface area contributed by atoms with Crippen LogP contribution in [0.25, 0.3) is 11.1 Å². The Morgan fingerprint density at radius 2 is 1.43 bits per heavy atom. The molecule has 1 aliphatic carbocycles. The first-order valence-corrected chi connectivity index (χ1v) is 9.02. The number of amides is 1. The van der Waals surface area contributed by atoms with Gasteiger partial charge >= 0.3 is 5.97 Å². The quantitative estimate of drug-likeness (QED) is 0.689. The van der Waals surface area contributed by atoms with Crippen molar-refractivity contribution in [2.24, 2.45) is 0 Å². The van der Waals surface area contributed by atoms with Gasteiger partial charge in [0, 0.05) is 6.54 Å². The van der Waals surface area contributed by atoms with E-state index < -0.39 is 5.97 Å². The predicted octanol–water partition coefficient (Wildman–Crippen LogP) is 3.79. The summed E-state index contributed by atoms with van der Waals surface area (Å²) in [7, 11) is 0. The summed E-state index contributed by atoms with van der Waals surface area (Å²) in [6.07, 6.45) is -0.256. The predicted molar refractivity (Wildman–Crippen MR) is 105 cm³/mol. The van der Waals surface area contributed by atoms with Crippen LogP contribution < -0.4 is 5.32 Å². The lowest BCUT2D eigenvalue weighted by atomic mass is 10.1. The lowest BCUT2D eigenvalue weighted by Gasteiger charge is -2.15. The van der Waals surface area contributed by atoms with Gasteiger partial charge in [-0.1, -0.05) is 60.7 Å². The average molecular weight is 373 g/mol. The van der Waals surface area contributed by atoms with E-state index in [-0.39, 0.29) is 24.2 Å². The molecule has 0 atom stereocenters. The van der Waals surface area contributed by atoms with Crippen molar-refractivity contribution in [3.63, 3.8) is 0 Å². The monoisotopic (exact) mass is 373 g/mol. The van der Waals surface area contributed by atoms with E-state index in [0.29, 0.717) is 6.54 Å². The van der Waals surface area contributed by atoms with Crippen molar-refractivity contribution in [1.82, 2.24) is 5.32 Å². The fourth-order valence-corrected chi connectivity index (χ4v) is 3.46. The summed E-state index contributed by atoms with van der Waals surface area (Å²) in [4.78, 5) is 23.1. The second-order valence-electron chi connectivity index (χ2n) is 6.64. The van der Waals surface area contributed by atoms with Crippen LogP contribution in [0, 0.1) is 0 Å². The Kier molecular flexibility index (Phi) is 4.91. The Bertz CT molecular complexity index is 981. The number of hydrogen-bond acceptors (Lipinski definition) is 3. The maximum atomic E-state index is 12.2. The maximum absolute atomic E-state index is 12.2. The van der Waals surface area contributed by atoms with E-state index in [1.807, 2.05) is 36.4 Å². The summed E-state index contributed by atoms with van der Waals surface area (Å²) in [6.45, 7) is 0.264. The molecule has 0 aliphatic heterocycles. The lowest BCUT2D eigenvalue weighted by Crippen LogP contribution is -2.27. The van der Waals surface area contributed by atoms with Crippen molar-refractivity contribution in [2.45, 2.75) is 12.6 Å². The lowest BCUT2D eigenvalue weighted by molar-refractivity contribution is -0.127. The molecule has 0 heterocycles. The molecule has 3 aromatic carbocycles. The molecule has 28 heavy (non-hydrogen) atoms. The Morgan fingerprint density at radius 1 is 0.857 bits per heavy atom. The minimum Gasteiger partial charge on any atom is -0.478 e. The van der Waals surface area contributed by atoms with Crippen molar-refractivity contribution in [3.8, 4) is 11.1 Å². The van der Waals surface area contributed by atoms with E-state index >= 15 is 0 Å². The molecule has 1 aliphatic rings. The summed E-state index contributed by atoms with van der Waals surface area (Å²) in [5.41, 5.74) is 5.47. The van der Waals surface area contributed by atoms with Crippen LogP contribution in [0.4, 0.5) is 0 Å². The van der Waals surface area contributed by atoms with Crippen molar-refractivity contribution in [2.75, 3.05) is 6.61 Å². The maximum Gasteiger partial charge on any atom is 0.335 e. The zero-order valence-electron chi connectivity index (χ0n) is 15.1. The Hall–Kier alpha value is -3.44. The Balaban J connectivity index is 1.38. The number of ether oxygens (including phenoxy) is 1. The number of aromatic carboxylic acids is 1. The highest BCUT2D eigenvalue weighted by atomic mass is 16.5. The van der Waals surface area contributed by atoms with E-state index in [2.05, 4.69) is 17.4 Å². The molecule has 0 fully saturated rings. The van der Waals surface area contributed by atoms with Gasteiger partial charge in [-0.25, -0.2) is 4.79 Å². The molecular weight excluding hydrogens is 354 g/mol. The highest BCUT2D eigenvalue weighted by Crippen LogP contribution is 2.44. The largest absolute Gasteiger partial charge is 0.478 e. The molecule has 0 aromatic heterocycles. The summed E-state index contributed by atoms with van der Waals surface area (Å²) >= 11 is 0. The molecule has 0 saturated heterocycles. The second-order valence-corrected chi connectivity index (χ2v) is 6.64. The third-order valence-electron chi connectivity index (χ3n) is 4.85. The normalized spacial score (nSPS) is 12.3. The SMILES string of the molecule is O=C(COC1c2ccccc2-c2ccccc21)NCc1ccc(C(=O)O)cc1. The van der Waals surface area contributed by atoms with Crippen LogP contribution >= 0.6 is 0 Å². The van der Waals surface area contributed by atoms with Crippen LogP contribution in [-0.4, -0.2) is 23.6 Å². The van der Waals surface area contributed by atoms with Crippen molar-refractivity contribution < 1.29 is 19.4 Å². The molecule has 140 valence electrons. The summed E-state index contributed by atoms with van der Waals surface area (Å²) < 4.78 is 5.97. The zero-order chi connectivity index (χ0) is 19.5. The van der Waals surface area contributed by atoms with Gasteiger partial charge in [0.1, 0.15) is 12.7 Å². The zero-order valence-corrected chi connectivity index (χ0v) is 15.1. The standard InChI is InChI=1S/C23H19NO4/c25-21(24-13-15-9-11-16(12-10-15)23(26)27)14-28-22-19-7-3-1-5-17(19)18-6-2-4-8-20(18)22/h1-12,22H,13-14H2,(H,24,25)(H,26,27). The molecule has 0 radical (unpaired) electrons. The van der Waals surface area contributed by atoms with E-state index in [9.17, 15) is 9.59 Å². The third kappa shape index (κ3) is 3.52. The second kappa shape index (κ2) is 7.66. The number of nitrogens with one attached hydrogen (secondary N) is 1. The molecule has 0 bridgehead atoms. The minimum absolute atomic E-state index is 0.0550. The summed E-state index contributed by atoms with van der Waals surface area (Å²) in [5.74, 6) is -1.19. The smallest absolute Gasteiger partial charge is 0.335 e. The fraction of sp³-hybridized carbons (Fsp3) is 0.130. The van der Waals surface area contributed by atoms with Gasteiger partial charge in [-0.2, -0.15) is 0 Å². The molecule has 0 spiro atoms. The average Bonchev–Trinajstić information content (AvgIpc) is 3.05. The first-order valence-electron chi connectivity index (χ1n) is 9.02. The van der Waals surface area contributed by atoms with E-state index in [0.717, 1.165) is 27.8 Å². The van der Waals surface area contributed by atoms with E-state index in [4.69, 9.17) is 9.84 Å². The molecule has 4 rings (SSSR count). The number of hydrogen-bond donors (Lipinski definition) is 2. The topological polar surface area (TPSA) is 75.6 Å². The molecule has 0 saturated carbocycles. The highest BCUT2D eigenvalue weighted by molar-refractivity contribution is 5.87. The highest BCUT2D eigenvalue weighted by Gasteiger charge is 2.29. The number of carbonyl (C=O) groups is 2. The van der Waals surface area contributed by atoms with Gasteiger partial charge in [0.2, 0.25) is 5.91 Å². The summed E-state index contributed by atoms with van der Waals surface area (Å²) in [5, 5.41) is 11.7. The van der Waals surface area contributed by atoms with Gasteiger partial charge in [-0.15, -0.1) is 0 Å². The number of carboxylic acids is 1. The fourth-order valence-electron chi connectivity index (χ4n) is 3.46. The van der Waals surface area contributed by atoms with Gasteiger partial charge in [-0.3, -0.25) is 4.79 Å². The van der Waals surface area contributed by atoms with Crippen LogP contribution in [0.2, 0.25) is 0 Å². The number of rotatable bonds is 6. The van der Waals surface area contributed by atoms with Crippen molar-refractivity contribution >= 4 is 11.9 Å². The van der Waals surface area contributed by atoms with Crippen LogP contribution in [0.3, 0.4) is 0 Å². The van der Waals surface area contributed by atoms with Gasteiger partial charge in [0.05, 0.1) is 5.56 Å². The molecular formula is C23H19NO4. The summed E-state index contributed by atoms with van der Waals surface area (Å²) in [6, 6.07) is 22.6. The third-order valence-corrected chi connectivity index (χ3v) is 4.85. The number of fused-ring (bicyclic) bond motifs is 3. The van der Waals surface area contributed by atoms with Gasteiger partial charge in [0.25, 0.3) is 0 Å². The Labute approximate surface area is 162 Å². The number of carboxylic acid groups (broad SMARTS) is 1. The van der Waals surface area contributed by atoms with Crippen LogP contribution in [0.1, 0.15) is 33.2 Å². The van der Waals surface area contributed by atoms with Crippen LogP contribution in [0.5, 0.6) is 0 Å². The van der Waals surface area contributed by atoms with E-state index in [1.54, 1.807) is 12.1 Å². The molecule has 1 amide bonds. The molecule has 3 aromatic rings. The first-order chi connectivity index (χ1) is 13.6. The van der Waals surface area contributed by atoms with Crippen molar-refractivity contribution in [3.05, 3.63) is 95.1 Å². The molecule has 5 nitrogen and oxygen atoms in total. The minimum atomic E-state index is -0.971. The van der Waals surface area contributed by atoms with Crippen molar-refractivity contribution in [1.29, 1.82) is 0 Å². The Morgan fingerprint density at radius 3 is 2.00 bits per heavy atom. The number of carbonyl (C=O) groups excluding carboxylic acids is 1. The van der Waals surface area contributed by atoms with E-state index in [1.165, 1.54) is 12.1 Å². The molecule has 2 N–H and O–H groups in total. The molecule has 5 heteroatoms. The van der Waals surface area contributed by atoms with Crippen LogP contribution in [0.15, 0.2) is 72.8 Å². The van der Waals surface area contributed by atoms with Gasteiger partial charge in [-0.05, 0) is 39.9 Å². The number of benzene rings is 3. The van der Waals surface area contributed by atoms with Crippen LogP contribution in [-0.2, 0) is 16.1 Å². The van der Waals surface area contributed by atoms with Gasteiger partial charge in [0.15, 0.2) is 0 Å².